The predicted octanol–water partition coefficient (Wildman–Crippen LogP) is 2.09. The summed E-state index contributed by atoms with van der Waals surface area (Å²) in [5.41, 5.74) is -0.567. The molecule has 0 unspecified atom stereocenters. The molecule has 2 saturated heterocycles. The fraction of sp³-hybridized carbons (Fsp3) is 0.556. The zero-order chi connectivity index (χ0) is 20.1. The Balaban J connectivity index is 1.69. The van der Waals surface area contributed by atoms with Gasteiger partial charge in [-0.15, -0.1) is 11.8 Å². The molecule has 1 aromatic rings. The van der Waals surface area contributed by atoms with Gasteiger partial charge in [-0.2, -0.15) is 0 Å². The molecule has 0 radical (unpaired) electrons. The van der Waals surface area contributed by atoms with E-state index >= 15 is 0 Å². The summed E-state index contributed by atoms with van der Waals surface area (Å²) in [6, 6.07) is 5.02. The Morgan fingerprint density at radius 3 is 2.48 bits per heavy atom. The summed E-state index contributed by atoms with van der Waals surface area (Å²) in [5.74, 6) is -1.31. The maximum atomic E-state index is 12.7. The topological polar surface area (TPSA) is 110 Å². The summed E-state index contributed by atoms with van der Waals surface area (Å²) in [6.07, 6.45) is 0. The molecule has 2 aliphatic heterocycles. The van der Waals surface area contributed by atoms with Crippen LogP contribution in [0.25, 0.3) is 0 Å². The van der Waals surface area contributed by atoms with Gasteiger partial charge in [0, 0.05) is 16.9 Å². The van der Waals surface area contributed by atoms with Crippen LogP contribution in [0.3, 0.4) is 0 Å². The number of fused-ring (bicyclic) bond motifs is 1. The van der Waals surface area contributed by atoms with E-state index in [1.165, 1.54) is 40.9 Å². The van der Waals surface area contributed by atoms with Gasteiger partial charge in [-0.05, 0) is 45.4 Å². The second kappa shape index (κ2) is 6.49. The molecule has 3 rings (SSSR count). The monoisotopic (exact) mass is 394 g/mol. The standard InChI is InChI=1S/C18H22N2O6S/c1-17(2,23)12-14(21)19-13(18(3,4)27-15(12)19)16(22)26-9-10-5-7-11(8-6-10)20(24)25/h5-8,12-13,15,23H,9H2,1-4H3/t12-,13-,15+/m0/s1. The number of nitrogens with zero attached hydrogens (tertiary/aromatic N) is 2. The van der Waals surface area contributed by atoms with E-state index in [1.54, 1.807) is 13.8 Å². The second-order valence-corrected chi connectivity index (χ2v) is 9.69. The van der Waals surface area contributed by atoms with Gasteiger partial charge in [0.05, 0.1) is 21.8 Å². The van der Waals surface area contributed by atoms with E-state index in [9.17, 15) is 24.8 Å². The van der Waals surface area contributed by atoms with Gasteiger partial charge in [0.1, 0.15) is 12.6 Å². The number of ether oxygens (including phenoxy) is 1. The van der Waals surface area contributed by atoms with Crippen molar-refractivity contribution in [2.45, 2.75) is 56.1 Å². The van der Waals surface area contributed by atoms with Crippen molar-refractivity contribution in [2.75, 3.05) is 0 Å². The van der Waals surface area contributed by atoms with Gasteiger partial charge in [-0.25, -0.2) is 4.79 Å². The Bertz CT molecular complexity index is 786. The van der Waals surface area contributed by atoms with Crippen LogP contribution in [0.2, 0.25) is 0 Å². The largest absolute Gasteiger partial charge is 0.459 e. The molecular formula is C18H22N2O6S. The summed E-state index contributed by atoms with van der Waals surface area (Å²) < 4.78 is 4.84. The van der Waals surface area contributed by atoms with Crippen molar-refractivity contribution in [3.63, 3.8) is 0 Å². The minimum atomic E-state index is -1.15. The van der Waals surface area contributed by atoms with Gasteiger partial charge in [0.2, 0.25) is 5.91 Å². The summed E-state index contributed by atoms with van der Waals surface area (Å²) >= 11 is 1.49. The van der Waals surface area contributed by atoms with Gasteiger partial charge in [0.15, 0.2) is 0 Å². The molecule has 0 saturated carbocycles. The molecule has 1 N–H and O–H groups in total. The number of amides is 1. The molecule has 9 heteroatoms. The quantitative estimate of drug-likeness (QED) is 0.352. The van der Waals surface area contributed by atoms with E-state index in [4.69, 9.17) is 4.74 Å². The first kappa shape index (κ1) is 19.6. The number of hydrogen-bond donors (Lipinski definition) is 1. The van der Waals surface area contributed by atoms with Crippen LogP contribution in [0, 0.1) is 16.0 Å². The number of rotatable bonds is 5. The van der Waals surface area contributed by atoms with E-state index in [1.807, 2.05) is 13.8 Å². The Kier molecular flexibility index (Phi) is 4.72. The average molecular weight is 394 g/mol. The molecule has 146 valence electrons. The third kappa shape index (κ3) is 3.41. The molecule has 0 aromatic heterocycles. The van der Waals surface area contributed by atoms with Crippen LogP contribution in [-0.2, 0) is 20.9 Å². The molecule has 8 nitrogen and oxygen atoms in total. The van der Waals surface area contributed by atoms with Crippen molar-refractivity contribution in [1.82, 2.24) is 4.90 Å². The number of carbonyl (C=O) groups is 2. The number of thioether (sulfide) groups is 1. The Morgan fingerprint density at radius 2 is 1.96 bits per heavy atom. The summed E-state index contributed by atoms with van der Waals surface area (Å²) in [5, 5.41) is 20.7. The van der Waals surface area contributed by atoms with Crippen LogP contribution in [0.1, 0.15) is 33.3 Å². The van der Waals surface area contributed by atoms with E-state index in [0.29, 0.717) is 5.56 Å². The lowest BCUT2D eigenvalue weighted by atomic mass is 9.81. The Labute approximate surface area is 161 Å². The Morgan fingerprint density at radius 1 is 1.37 bits per heavy atom. The molecule has 2 heterocycles. The second-order valence-electron chi connectivity index (χ2n) is 7.92. The lowest BCUT2D eigenvalue weighted by Crippen LogP contribution is -2.67. The number of non-ortho nitro benzene ring substituents is 1. The van der Waals surface area contributed by atoms with Crippen molar-refractivity contribution >= 4 is 29.3 Å². The van der Waals surface area contributed by atoms with Gasteiger partial charge in [-0.3, -0.25) is 14.9 Å². The molecular weight excluding hydrogens is 372 g/mol. The molecule has 0 aliphatic carbocycles. The van der Waals surface area contributed by atoms with E-state index in [2.05, 4.69) is 0 Å². The molecule has 1 amide bonds. The van der Waals surface area contributed by atoms with Crippen molar-refractivity contribution in [2.24, 2.45) is 5.92 Å². The van der Waals surface area contributed by atoms with Crippen LogP contribution in [0.5, 0.6) is 0 Å². The highest BCUT2D eigenvalue weighted by atomic mass is 32.2. The maximum Gasteiger partial charge on any atom is 0.330 e. The van der Waals surface area contributed by atoms with Crippen molar-refractivity contribution in [3.8, 4) is 0 Å². The molecule has 3 atom stereocenters. The lowest BCUT2D eigenvalue weighted by Gasteiger charge is -2.48. The number of nitro benzene ring substituents is 1. The van der Waals surface area contributed by atoms with Crippen LogP contribution >= 0.6 is 11.8 Å². The highest BCUT2D eigenvalue weighted by Gasteiger charge is 2.66. The molecule has 0 bridgehead atoms. The molecule has 2 aliphatic rings. The van der Waals surface area contributed by atoms with Gasteiger partial charge in [-0.1, -0.05) is 0 Å². The van der Waals surface area contributed by atoms with Gasteiger partial charge in [0.25, 0.3) is 5.69 Å². The highest BCUT2D eigenvalue weighted by Crippen LogP contribution is 2.55. The van der Waals surface area contributed by atoms with E-state index in [0.717, 1.165) is 0 Å². The number of β-lactam (4-membered cyclic amide) rings is 1. The predicted molar refractivity (Wildman–Crippen MR) is 98.8 cm³/mol. The summed E-state index contributed by atoms with van der Waals surface area (Å²) in [7, 11) is 0. The number of benzene rings is 1. The number of hydrogen-bond acceptors (Lipinski definition) is 7. The number of esters is 1. The zero-order valence-electron chi connectivity index (χ0n) is 15.5. The molecule has 27 heavy (non-hydrogen) atoms. The number of aliphatic hydroxyl groups is 1. The van der Waals surface area contributed by atoms with Crippen molar-refractivity contribution < 1.29 is 24.4 Å². The fourth-order valence-corrected chi connectivity index (χ4v) is 5.48. The third-order valence-corrected chi connectivity index (χ3v) is 6.53. The van der Waals surface area contributed by atoms with Gasteiger partial charge >= 0.3 is 5.97 Å². The minimum Gasteiger partial charge on any atom is -0.459 e. The van der Waals surface area contributed by atoms with Crippen LogP contribution in [0.15, 0.2) is 24.3 Å². The summed E-state index contributed by atoms with van der Waals surface area (Å²) in [4.78, 5) is 36.9. The normalized spacial score (nSPS) is 26.3. The molecule has 0 spiro atoms. The van der Waals surface area contributed by atoms with E-state index in [-0.39, 0.29) is 23.6 Å². The molecule has 2 fully saturated rings. The lowest BCUT2D eigenvalue weighted by molar-refractivity contribution is -0.384. The zero-order valence-corrected chi connectivity index (χ0v) is 16.4. The number of carbonyl (C=O) groups excluding carboxylic acids is 2. The number of nitro groups is 1. The van der Waals surface area contributed by atoms with Crippen molar-refractivity contribution in [1.29, 1.82) is 0 Å². The van der Waals surface area contributed by atoms with Crippen LogP contribution in [0.4, 0.5) is 5.69 Å². The SMILES string of the molecule is CC(C)(O)[C@H]1C(=O)N2[C@@H]1SC(C)(C)[C@@H]2C(=O)OCc1ccc([N+](=O)[O-])cc1. The maximum absolute atomic E-state index is 12.7. The first-order valence-corrected chi connectivity index (χ1v) is 9.44. The average Bonchev–Trinajstić information content (AvgIpc) is 2.78. The smallest absolute Gasteiger partial charge is 0.330 e. The fourth-order valence-electron chi connectivity index (χ4n) is 3.59. The Hall–Kier alpha value is -2.13. The van der Waals surface area contributed by atoms with E-state index < -0.39 is 33.2 Å². The highest BCUT2D eigenvalue weighted by molar-refractivity contribution is 8.01. The minimum absolute atomic E-state index is 0.0321. The third-order valence-electron chi connectivity index (χ3n) is 4.95. The van der Waals surface area contributed by atoms with Crippen LogP contribution in [-0.4, -0.2) is 48.6 Å². The van der Waals surface area contributed by atoms with Gasteiger partial charge < -0.3 is 14.7 Å². The first-order chi connectivity index (χ1) is 12.4. The molecule has 1 aromatic carbocycles. The van der Waals surface area contributed by atoms with Crippen molar-refractivity contribution in [3.05, 3.63) is 39.9 Å². The summed E-state index contributed by atoms with van der Waals surface area (Å²) in [6.45, 7) is 6.92. The first-order valence-electron chi connectivity index (χ1n) is 8.56. The van der Waals surface area contributed by atoms with Crippen LogP contribution < -0.4 is 0 Å².